The predicted molar refractivity (Wildman–Crippen MR) is 206 cm³/mol. The average Bonchev–Trinajstić information content (AvgIpc) is 3.52. The van der Waals surface area contributed by atoms with Crippen molar-refractivity contribution in [3.05, 3.63) is 24.2 Å². The van der Waals surface area contributed by atoms with Crippen molar-refractivity contribution in [1.29, 1.82) is 0 Å². The number of carbonyl (C=O) groups is 7. The van der Waals surface area contributed by atoms with Crippen LogP contribution >= 0.6 is 0 Å². The van der Waals surface area contributed by atoms with Crippen LogP contribution in [0, 0.1) is 28.1 Å². The van der Waals surface area contributed by atoms with Gasteiger partial charge in [0.1, 0.15) is 17.8 Å². The molecule has 4 bridgehead atoms. The summed E-state index contributed by atoms with van der Waals surface area (Å²) in [6.07, 6.45) is -5.76. The summed E-state index contributed by atoms with van der Waals surface area (Å²) in [6.45, 7) is 14.9. The molecule has 0 radical (unpaired) electrons. The Morgan fingerprint density at radius 3 is 1.95 bits per heavy atom. The highest BCUT2D eigenvalue weighted by atomic mass is 16.9. The van der Waals surface area contributed by atoms with E-state index in [1.807, 2.05) is 0 Å². The van der Waals surface area contributed by atoms with Crippen molar-refractivity contribution < 1.29 is 90.1 Å². The highest BCUT2D eigenvalue weighted by molar-refractivity contribution is 5.83. The van der Waals surface area contributed by atoms with E-state index in [-0.39, 0.29) is 25.7 Å². The summed E-state index contributed by atoms with van der Waals surface area (Å²) in [4.78, 5) is 97.9. The number of ether oxygens (including phenoxy) is 11. The molecule has 1 aromatic heterocycles. The van der Waals surface area contributed by atoms with Crippen molar-refractivity contribution in [3.8, 4) is 0 Å². The molecule has 8 rings (SSSR count). The molecular formula is C44H56O19. The van der Waals surface area contributed by atoms with Crippen LogP contribution in [0.15, 0.2) is 23.0 Å². The lowest BCUT2D eigenvalue weighted by atomic mass is 9.33. The number of esters is 7. The number of carbonyl (C=O) groups excluding carboxylic acids is 7. The minimum atomic E-state index is -2.39. The van der Waals surface area contributed by atoms with Crippen molar-refractivity contribution >= 4 is 41.8 Å². The van der Waals surface area contributed by atoms with E-state index < -0.39 is 141 Å². The van der Waals surface area contributed by atoms with Gasteiger partial charge in [0.2, 0.25) is 5.60 Å². The maximum Gasteiger partial charge on any atom is 0.341 e. The second kappa shape index (κ2) is 14.0. The number of hydrogen-bond acceptors (Lipinski definition) is 19. The van der Waals surface area contributed by atoms with Gasteiger partial charge >= 0.3 is 41.8 Å². The largest absolute Gasteiger partial charge is 0.472 e. The fourth-order valence-corrected chi connectivity index (χ4v) is 13.9. The maximum atomic E-state index is 14.5. The van der Waals surface area contributed by atoms with E-state index in [1.54, 1.807) is 40.7 Å². The Hall–Kier alpha value is -4.59. The minimum Gasteiger partial charge on any atom is -0.472 e. The summed E-state index contributed by atoms with van der Waals surface area (Å²) >= 11 is 0. The van der Waals surface area contributed by atoms with Crippen LogP contribution < -0.4 is 0 Å². The maximum absolute atomic E-state index is 14.5. The SMILES string of the molecule is CCC(=O)OC1C2(OC(C)=O)C(OC(=O)[C@@]3(C)O[C@@H]3C)[C@@]3(C)CC24OC2(C)O[C@@]5(C(OC(C)=O)C[C@](C)([C@H](OC(C)=O)c6ccoc6)[C@@H](CC(=O)OC)[C@]15O2)[C@]4(C)[C@H]3CC(=O)OC. The third-order valence-electron chi connectivity index (χ3n) is 16.0. The highest BCUT2D eigenvalue weighted by Crippen LogP contribution is 2.90. The van der Waals surface area contributed by atoms with Crippen LogP contribution in [0.3, 0.4) is 0 Å². The van der Waals surface area contributed by atoms with Crippen LogP contribution in [0.4, 0.5) is 0 Å². The van der Waals surface area contributed by atoms with Gasteiger partial charge in [0.05, 0.1) is 39.3 Å². The van der Waals surface area contributed by atoms with Gasteiger partial charge in [-0.1, -0.05) is 27.7 Å². The Bertz CT molecular complexity index is 2160. The Balaban J connectivity index is 1.56. The predicted octanol–water partition coefficient (Wildman–Crippen LogP) is 3.71. The first-order valence-electron chi connectivity index (χ1n) is 21.2. The normalized spacial score (nSPS) is 45.9. The van der Waals surface area contributed by atoms with Crippen LogP contribution in [-0.4, -0.2) is 114 Å². The molecule has 4 saturated carbocycles. The molecule has 7 aliphatic rings. The van der Waals surface area contributed by atoms with Gasteiger partial charge in [-0.05, 0) is 38.7 Å². The van der Waals surface area contributed by atoms with E-state index in [2.05, 4.69) is 0 Å². The Morgan fingerprint density at radius 1 is 0.794 bits per heavy atom. The Morgan fingerprint density at radius 2 is 1.43 bits per heavy atom. The third kappa shape index (κ3) is 5.36. The molecule has 0 aromatic carbocycles. The molecule has 3 aliphatic heterocycles. The first-order chi connectivity index (χ1) is 29.3. The van der Waals surface area contributed by atoms with Crippen LogP contribution in [-0.2, 0) is 85.7 Å². The van der Waals surface area contributed by atoms with Crippen molar-refractivity contribution in [2.45, 2.75) is 166 Å². The average molecular weight is 889 g/mol. The Kier molecular flexibility index (Phi) is 9.97. The number of furan rings is 1. The van der Waals surface area contributed by atoms with Crippen molar-refractivity contribution in [3.63, 3.8) is 0 Å². The van der Waals surface area contributed by atoms with Gasteiger partial charge < -0.3 is 56.5 Å². The Labute approximate surface area is 363 Å². The fourth-order valence-electron chi connectivity index (χ4n) is 13.9. The summed E-state index contributed by atoms with van der Waals surface area (Å²) in [6, 6.07) is 1.56. The zero-order chi connectivity index (χ0) is 46.3. The minimum absolute atomic E-state index is 0.131. The van der Waals surface area contributed by atoms with Crippen molar-refractivity contribution in [2.24, 2.45) is 28.1 Å². The lowest BCUT2D eigenvalue weighted by molar-refractivity contribution is -0.486. The smallest absolute Gasteiger partial charge is 0.341 e. The molecule has 6 unspecified atom stereocenters. The monoisotopic (exact) mass is 888 g/mol. The van der Waals surface area contributed by atoms with Gasteiger partial charge in [-0.3, -0.25) is 28.8 Å². The summed E-state index contributed by atoms with van der Waals surface area (Å²) in [5.41, 5.74) is -14.8. The lowest BCUT2D eigenvalue weighted by Gasteiger charge is -2.77. The van der Waals surface area contributed by atoms with Crippen molar-refractivity contribution in [1.82, 2.24) is 0 Å². The zero-order valence-electron chi connectivity index (χ0n) is 37.6. The van der Waals surface area contributed by atoms with E-state index in [0.29, 0.717) is 5.56 Å². The number of hydrogen-bond donors (Lipinski definition) is 0. The first kappa shape index (κ1) is 45.0. The fraction of sp³-hybridized carbons (Fsp3) is 0.750. The van der Waals surface area contributed by atoms with Gasteiger partial charge in [0.15, 0.2) is 29.0 Å². The van der Waals surface area contributed by atoms with E-state index in [9.17, 15) is 33.6 Å². The zero-order valence-corrected chi connectivity index (χ0v) is 37.6. The second-order valence-corrected chi connectivity index (χ2v) is 19.2. The lowest BCUT2D eigenvalue weighted by Crippen LogP contribution is -2.96. The molecule has 0 amide bonds. The highest BCUT2D eigenvalue weighted by Gasteiger charge is 3.06. The molecule has 3 saturated heterocycles. The molecular weight excluding hydrogens is 832 g/mol. The standard InChI is InChI=1S/C44H56O19/c1-13-29(48)57-34-42-27(17-31(50)53-12)36(6,32(56-23(4)46)25-14-15-54-19-25)18-28(55-22(3)45)44(42)39(9)26(16-30(49)52-11)37(7)20-41(39,61-40(10,62-42)63-44)43(34,60-24(5)47)33(37)58-35(51)38(8)21(2)59-38/h14-15,19,21,26-28,32-34H,13,16-18,20H2,1-12H3/t21-,26+,27-,28?,32-,33?,34?,36+,37+,38+,39-,40?,41?,42+,43?,44+/m1/s1. The van der Waals surface area contributed by atoms with Gasteiger partial charge in [0.25, 0.3) is 5.97 Å². The van der Waals surface area contributed by atoms with Gasteiger partial charge in [-0.2, -0.15) is 0 Å². The number of epoxide rings is 1. The molecule has 0 N–H and O–H groups in total. The van der Waals surface area contributed by atoms with E-state index >= 15 is 0 Å². The van der Waals surface area contributed by atoms with Crippen LogP contribution in [0.2, 0.25) is 0 Å². The quantitative estimate of drug-likeness (QED) is 0.156. The molecule has 63 heavy (non-hydrogen) atoms. The summed E-state index contributed by atoms with van der Waals surface area (Å²) in [7, 11) is 2.39. The molecule has 19 heteroatoms. The van der Waals surface area contributed by atoms with Gasteiger partial charge in [-0.15, -0.1) is 0 Å². The molecule has 19 nitrogen and oxygen atoms in total. The van der Waals surface area contributed by atoms with Gasteiger partial charge in [-0.25, -0.2) is 4.79 Å². The van der Waals surface area contributed by atoms with E-state index in [4.69, 9.17) is 56.5 Å². The number of fused-ring (bicyclic) bond motifs is 2. The number of rotatable bonds is 13. The summed E-state index contributed by atoms with van der Waals surface area (Å²) in [5, 5.41) is 0. The first-order valence-corrected chi connectivity index (χ1v) is 21.2. The van der Waals surface area contributed by atoms with E-state index in [0.717, 1.165) is 6.92 Å². The molecule has 4 heterocycles. The molecule has 4 aliphatic carbocycles. The van der Waals surface area contributed by atoms with Crippen molar-refractivity contribution in [2.75, 3.05) is 14.2 Å². The second-order valence-electron chi connectivity index (χ2n) is 19.2. The summed E-state index contributed by atoms with van der Waals surface area (Å²) in [5.74, 6) is -10.2. The molecule has 1 aromatic rings. The summed E-state index contributed by atoms with van der Waals surface area (Å²) < 4.78 is 76.5. The topological polar surface area (TPSA) is 237 Å². The molecule has 16 atom stereocenters. The molecule has 346 valence electrons. The van der Waals surface area contributed by atoms with Crippen LogP contribution in [0.1, 0.15) is 113 Å². The van der Waals surface area contributed by atoms with E-state index in [1.165, 1.54) is 54.4 Å². The molecule has 7 fully saturated rings. The van der Waals surface area contributed by atoms with Crippen LogP contribution in [0.25, 0.3) is 0 Å². The van der Waals surface area contributed by atoms with Gasteiger partial charge in [0, 0.05) is 68.3 Å². The van der Waals surface area contributed by atoms with Crippen LogP contribution in [0.5, 0.6) is 0 Å². The number of methoxy groups -OCH3 is 2. The third-order valence-corrected chi connectivity index (χ3v) is 16.0. The molecule has 2 spiro atoms.